The summed E-state index contributed by atoms with van der Waals surface area (Å²) in [6, 6.07) is 13.2. The van der Waals surface area contributed by atoms with Crippen molar-refractivity contribution >= 4 is 40.2 Å². The lowest BCUT2D eigenvalue weighted by molar-refractivity contribution is 1.14. The summed E-state index contributed by atoms with van der Waals surface area (Å²) in [5.41, 5.74) is 9.37. The predicted octanol–water partition coefficient (Wildman–Crippen LogP) is 5.29. The number of hydrogen-bond donors (Lipinski definition) is 1. The van der Waals surface area contributed by atoms with E-state index >= 15 is 0 Å². The number of nitrogen functional groups attached to an aromatic ring is 1. The fraction of sp³-hybridized carbons (Fsp3) is 0.0625. The van der Waals surface area contributed by atoms with Crippen LogP contribution in [0.2, 0.25) is 10.0 Å². The molecule has 0 saturated carbocycles. The summed E-state index contributed by atoms with van der Waals surface area (Å²) in [5.74, 6) is 0. The van der Waals surface area contributed by atoms with E-state index in [4.69, 9.17) is 28.9 Å². The van der Waals surface area contributed by atoms with Crippen molar-refractivity contribution < 1.29 is 0 Å². The van der Waals surface area contributed by atoms with Gasteiger partial charge in [0.25, 0.3) is 0 Å². The minimum absolute atomic E-state index is 0.655. The second kappa shape index (κ2) is 6.06. The van der Waals surface area contributed by atoms with Gasteiger partial charge in [-0.1, -0.05) is 35.3 Å². The second-order valence-electron chi connectivity index (χ2n) is 4.67. The van der Waals surface area contributed by atoms with Gasteiger partial charge in [0, 0.05) is 28.1 Å². The Balaban J connectivity index is 1.86. The van der Waals surface area contributed by atoms with Gasteiger partial charge in [-0.2, -0.15) is 0 Å². The van der Waals surface area contributed by atoms with Gasteiger partial charge in [0.1, 0.15) is 0 Å². The Bertz CT molecular complexity index is 766. The van der Waals surface area contributed by atoms with Crippen molar-refractivity contribution in [1.29, 1.82) is 0 Å². The third kappa shape index (κ3) is 3.38. The van der Waals surface area contributed by atoms with E-state index in [0.29, 0.717) is 10.0 Å². The largest absolute Gasteiger partial charge is 0.399 e. The molecule has 2 aromatic carbocycles. The molecule has 2 N–H and O–H groups in total. The summed E-state index contributed by atoms with van der Waals surface area (Å²) in [5, 5.41) is 4.35. The molecule has 0 amide bonds. The molecule has 0 fully saturated rings. The van der Waals surface area contributed by atoms with Crippen LogP contribution in [0.1, 0.15) is 10.6 Å². The molecule has 0 aliphatic carbocycles. The lowest BCUT2D eigenvalue weighted by Crippen LogP contribution is -1.89. The lowest BCUT2D eigenvalue weighted by atomic mass is 10.1. The maximum Gasteiger partial charge on any atom is 0.0976 e. The Morgan fingerprint density at radius 1 is 1.05 bits per heavy atom. The first-order valence-electron chi connectivity index (χ1n) is 6.36. The van der Waals surface area contributed by atoms with E-state index in [-0.39, 0.29) is 0 Å². The van der Waals surface area contributed by atoms with E-state index in [0.717, 1.165) is 28.4 Å². The fourth-order valence-electron chi connectivity index (χ4n) is 2.02. The number of aromatic nitrogens is 1. The molecule has 0 radical (unpaired) electrons. The predicted molar refractivity (Wildman–Crippen MR) is 91.2 cm³/mol. The highest BCUT2D eigenvalue weighted by Gasteiger charge is 2.09. The Morgan fingerprint density at radius 3 is 2.57 bits per heavy atom. The van der Waals surface area contributed by atoms with Crippen molar-refractivity contribution in [2.24, 2.45) is 0 Å². The number of thiazole rings is 1. The zero-order valence-electron chi connectivity index (χ0n) is 11.0. The van der Waals surface area contributed by atoms with Crippen LogP contribution in [-0.4, -0.2) is 4.98 Å². The average Bonchev–Trinajstić information content (AvgIpc) is 2.92. The first kappa shape index (κ1) is 14.4. The maximum atomic E-state index is 6.21. The first-order chi connectivity index (χ1) is 10.1. The number of hydrogen-bond acceptors (Lipinski definition) is 3. The van der Waals surface area contributed by atoms with Gasteiger partial charge in [-0.15, -0.1) is 11.3 Å². The van der Waals surface area contributed by atoms with Crippen LogP contribution in [0.5, 0.6) is 0 Å². The SMILES string of the molecule is Nc1ccc(Cc2nc(-c3cc(Cl)ccc3Cl)cs2)cc1. The van der Waals surface area contributed by atoms with Gasteiger partial charge in [-0.05, 0) is 35.9 Å². The molecule has 106 valence electrons. The smallest absolute Gasteiger partial charge is 0.0976 e. The molecular weight excluding hydrogens is 323 g/mol. The standard InChI is InChI=1S/C16H12Cl2N2S/c17-11-3-6-14(18)13(8-11)15-9-21-16(20-15)7-10-1-4-12(19)5-2-10/h1-6,8-9H,7,19H2. The van der Waals surface area contributed by atoms with Crippen LogP contribution in [0.25, 0.3) is 11.3 Å². The Morgan fingerprint density at radius 2 is 1.81 bits per heavy atom. The van der Waals surface area contributed by atoms with Gasteiger partial charge in [0.05, 0.1) is 15.7 Å². The Labute approximate surface area is 137 Å². The summed E-state index contributed by atoms with van der Waals surface area (Å²) in [4.78, 5) is 4.64. The third-order valence-electron chi connectivity index (χ3n) is 3.09. The summed E-state index contributed by atoms with van der Waals surface area (Å²) in [6.45, 7) is 0. The fourth-order valence-corrected chi connectivity index (χ4v) is 3.23. The topological polar surface area (TPSA) is 38.9 Å². The van der Waals surface area contributed by atoms with Crippen LogP contribution in [0.3, 0.4) is 0 Å². The van der Waals surface area contributed by atoms with Crippen molar-refractivity contribution in [3.8, 4) is 11.3 Å². The highest BCUT2D eigenvalue weighted by Crippen LogP contribution is 2.31. The van der Waals surface area contributed by atoms with Gasteiger partial charge in [-0.25, -0.2) is 4.98 Å². The lowest BCUT2D eigenvalue weighted by Gasteiger charge is -2.01. The molecule has 0 atom stereocenters. The van der Waals surface area contributed by atoms with Gasteiger partial charge in [0.2, 0.25) is 0 Å². The van der Waals surface area contributed by atoms with Crippen LogP contribution >= 0.6 is 34.5 Å². The highest BCUT2D eigenvalue weighted by molar-refractivity contribution is 7.10. The number of benzene rings is 2. The number of nitrogens with zero attached hydrogens (tertiary/aromatic N) is 1. The molecular formula is C16H12Cl2N2S. The van der Waals surface area contributed by atoms with E-state index < -0.39 is 0 Å². The molecule has 0 saturated heterocycles. The van der Waals surface area contributed by atoms with Crippen molar-refractivity contribution in [1.82, 2.24) is 4.98 Å². The average molecular weight is 335 g/mol. The molecule has 0 unspecified atom stereocenters. The van der Waals surface area contributed by atoms with E-state index in [2.05, 4.69) is 4.98 Å². The van der Waals surface area contributed by atoms with Gasteiger partial charge in [-0.3, -0.25) is 0 Å². The summed E-state index contributed by atoms with van der Waals surface area (Å²) in [7, 11) is 0. The molecule has 3 aromatic rings. The van der Waals surface area contributed by atoms with E-state index in [1.165, 1.54) is 5.56 Å². The number of nitrogens with two attached hydrogens (primary N) is 1. The van der Waals surface area contributed by atoms with E-state index in [1.807, 2.05) is 35.7 Å². The third-order valence-corrected chi connectivity index (χ3v) is 4.50. The molecule has 5 heteroatoms. The molecule has 1 heterocycles. The van der Waals surface area contributed by atoms with Crippen LogP contribution in [-0.2, 0) is 6.42 Å². The van der Waals surface area contributed by atoms with Crippen LogP contribution in [0.4, 0.5) is 5.69 Å². The molecule has 0 aliphatic rings. The molecule has 1 aromatic heterocycles. The van der Waals surface area contributed by atoms with Crippen molar-refractivity contribution in [2.75, 3.05) is 5.73 Å². The van der Waals surface area contributed by atoms with Crippen molar-refractivity contribution in [3.05, 3.63) is 68.5 Å². The Hall–Kier alpha value is -1.55. The molecule has 2 nitrogen and oxygen atoms in total. The van der Waals surface area contributed by atoms with E-state index in [9.17, 15) is 0 Å². The normalized spacial score (nSPS) is 10.8. The quantitative estimate of drug-likeness (QED) is 0.661. The van der Waals surface area contributed by atoms with Crippen molar-refractivity contribution in [2.45, 2.75) is 6.42 Å². The summed E-state index contributed by atoms with van der Waals surface area (Å²) in [6.07, 6.45) is 0.781. The zero-order valence-corrected chi connectivity index (χ0v) is 13.3. The summed E-state index contributed by atoms with van der Waals surface area (Å²) >= 11 is 13.8. The van der Waals surface area contributed by atoms with Crippen LogP contribution in [0.15, 0.2) is 47.8 Å². The number of halogens is 2. The zero-order chi connectivity index (χ0) is 14.8. The van der Waals surface area contributed by atoms with Gasteiger partial charge >= 0.3 is 0 Å². The molecule has 0 bridgehead atoms. The second-order valence-corrected chi connectivity index (χ2v) is 6.46. The maximum absolute atomic E-state index is 6.21. The van der Waals surface area contributed by atoms with Gasteiger partial charge in [0.15, 0.2) is 0 Å². The Kier molecular flexibility index (Phi) is 4.15. The van der Waals surface area contributed by atoms with Crippen molar-refractivity contribution in [3.63, 3.8) is 0 Å². The van der Waals surface area contributed by atoms with E-state index in [1.54, 1.807) is 23.5 Å². The minimum atomic E-state index is 0.655. The number of rotatable bonds is 3. The molecule has 0 spiro atoms. The van der Waals surface area contributed by atoms with Crippen LogP contribution < -0.4 is 5.73 Å². The minimum Gasteiger partial charge on any atom is -0.399 e. The summed E-state index contributed by atoms with van der Waals surface area (Å²) < 4.78 is 0. The highest BCUT2D eigenvalue weighted by atomic mass is 35.5. The molecule has 3 rings (SSSR count). The number of anilines is 1. The van der Waals surface area contributed by atoms with Gasteiger partial charge < -0.3 is 5.73 Å². The molecule has 21 heavy (non-hydrogen) atoms. The van der Waals surface area contributed by atoms with Crippen LogP contribution in [0, 0.1) is 0 Å². The first-order valence-corrected chi connectivity index (χ1v) is 7.99. The molecule has 0 aliphatic heterocycles. The monoisotopic (exact) mass is 334 g/mol.